The highest BCUT2D eigenvalue weighted by molar-refractivity contribution is 4.94. The summed E-state index contributed by atoms with van der Waals surface area (Å²) in [7, 11) is 0. The van der Waals surface area contributed by atoms with Crippen LogP contribution < -0.4 is 0 Å². The molecule has 0 rings (SSSR count). The minimum absolute atomic E-state index is 0.388. The van der Waals surface area contributed by atoms with Crippen molar-refractivity contribution in [1.29, 1.82) is 0 Å². The topological polar surface area (TPSA) is 0 Å². The van der Waals surface area contributed by atoms with Crippen LogP contribution in [0.5, 0.6) is 0 Å². The second kappa shape index (κ2) is 4.89. The zero-order valence-electron chi connectivity index (χ0n) is 12.3. The number of hydrogen-bond acceptors (Lipinski definition) is 0. The monoisotopic (exact) mass is 212 g/mol. The summed E-state index contributed by atoms with van der Waals surface area (Å²) in [6.07, 6.45) is 5.43. The molecule has 0 nitrogen and oxygen atoms in total. The first kappa shape index (κ1) is 15.0. The van der Waals surface area contributed by atoms with E-state index >= 15 is 0 Å². The summed E-state index contributed by atoms with van der Waals surface area (Å²) in [5, 5.41) is 0. The van der Waals surface area contributed by atoms with Gasteiger partial charge in [0, 0.05) is 0 Å². The summed E-state index contributed by atoms with van der Waals surface area (Å²) in [6.45, 7) is 19.1. The average molecular weight is 212 g/mol. The molecule has 0 radical (unpaired) electrons. The maximum Gasteiger partial charge on any atom is -0.0229 e. The Bertz CT molecular complexity index is 161. The molecule has 0 saturated heterocycles. The molecule has 0 aromatic rings. The van der Waals surface area contributed by atoms with Crippen LogP contribution in [-0.4, -0.2) is 0 Å². The predicted molar refractivity (Wildman–Crippen MR) is 71.2 cm³/mol. The maximum absolute atomic E-state index is 2.47. The van der Waals surface area contributed by atoms with Gasteiger partial charge in [-0.15, -0.1) is 0 Å². The molecule has 0 bridgehead atoms. The van der Waals surface area contributed by atoms with Crippen molar-refractivity contribution in [1.82, 2.24) is 0 Å². The van der Waals surface area contributed by atoms with Crippen LogP contribution >= 0.6 is 0 Å². The van der Waals surface area contributed by atoms with E-state index in [1.807, 2.05) is 0 Å². The maximum atomic E-state index is 2.47. The minimum Gasteiger partial charge on any atom is -0.0654 e. The molecule has 0 spiro atoms. The molecule has 0 aromatic heterocycles. The Hall–Kier alpha value is 0. The van der Waals surface area contributed by atoms with Crippen LogP contribution in [0.4, 0.5) is 0 Å². The normalized spacial score (nSPS) is 14.4. The third-order valence-corrected chi connectivity index (χ3v) is 4.59. The van der Waals surface area contributed by atoms with Gasteiger partial charge in [-0.3, -0.25) is 0 Å². The molecule has 0 heterocycles. The van der Waals surface area contributed by atoms with Gasteiger partial charge < -0.3 is 0 Å². The fourth-order valence-electron chi connectivity index (χ4n) is 2.60. The van der Waals surface area contributed by atoms with Gasteiger partial charge in [0.15, 0.2) is 0 Å². The van der Waals surface area contributed by atoms with E-state index in [4.69, 9.17) is 0 Å². The lowest BCUT2D eigenvalue weighted by atomic mass is 9.53. The lowest BCUT2D eigenvalue weighted by molar-refractivity contribution is -0.0238. The molecule has 0 saturated carbocycles. The van der Waals surface area contributed by atoms with Gasteiger partial charge in [-0.1, -0.05) is 74.7 Å². The molecule has 92 valence electrons. The SMILES string of the molecule is CCCCCC(C)(C(C)(C)C)C(C)(C)C. The van der Waals surface area contributed by atoms with Crippen LogP contribution in [0.15, 0.2) is 0 Å². The van der Waals surface area contributed by atoms with E-state index in [9.17, 15) is 0 Å². The van der Waals surface area contributed by atoms with Crippen LogP contribution in [-0.2, 0) is 0 Å². The third-order valence-electron chi connectivity index (χ3n) is 4.59. The molecule has 0 heteroatoms. The molecular weight excluding hydrogens is 180 g/mol. The van der Waals surface area contributed by atoms with Crippen molar-refractivity contribution in [3.8, 4) is 0 Å². The van der Waals surface area contributed by atoms with Crippen LogP contribution in [0.1, 0.15) is 81.1 Å². The lowest BCUT2D eigenvalue weighted by Gasteiger charge is -2.52. The Morgan fingerprint density at radius 3 is 1.33 bits per heavy atom. The van der Waals surface area contributed by atoms with Gasteiger partial charge in [0.2, 0.25) is 0 Å². The van der Waals surface area contributed by atoms with Gasteiger partial charge in [-0.2, -0.15) is 0 Å². The number of hydrogen-bond donors (Lipinski definition) is 0. The van der Waals surface area contributed by atoms with Crippen LogP contribution in [0.3, 0.4) is 0 Å². The highest BCUT2D eigenvalue weighted by Crippen LogP contribution is 2.54. The highest BCUT2D eigenvalue weighted by atomic mass is 14.5. The van der Waals surface area contributed by atoms with E-state index in [2.05, 4.69) is 55.4 Å². The molecule has 0 aromatic carbocycles. The summed E-state index contributed by atoms with van der Waals surface area (Å²) in [5.41, 5.74) is 1.20. The van der Waals surface area contributed by atoms with Gasteiger partial charge in [0.1, 0.15) is 0 Å². The van der Waals surface area contributed by atoms with E-state index in [1.165, 1.54) is 25.7 Å². The van der Waals surface area contributed by atoms with Crippen molar-refractivity contribution in [3.05, 3.63) is 0 Å². The van der Waals surface area contributed by atoms with Crippen molar-refractivity contribution in [3.63, 3.8) is 0 Å². The minimum atomic E-state index is 0.388. The number of rotatable bonds is 4. The molecule has 0 unspecified atom stereocenters. The highest BCUT2D eigenvalue weighted by Gasteiger charge is 2.45. The van der Waals surface area contributed by atoms with E-state index in [0.29, 0.717) is 16.2 Å². The number of unbranched alkanes of at least 4 members (excludes halogenated alkanes) is 2. The summed E-state index contributed by atoms with van der Waals surface area (Å²) >= 11 is 0. The van der Waals surface area contributed by atoms with Gasteiger partial charge in [-0.25, -0.2) is 0 Å². The first-order valence-corrected chi connectivity index (χ1v) is 6.56. The summed E-state index contributed by atoms with van der Waals surface area (Å²) < 4.78 is 0. The fraction of sp³-hybridized carbons (Fsp3) is 1.00. The van der Waals surface area contributed by atoms with Crippen LogP contribution in [0, 0.1) is 16.2 Å². The quantitative estimate of drug-likeness (QED) is 0.527. The Labute approximate surface area is 97.8 Å². The summed E-state index contributed by atoms with van der Waals surface area (Å²) in [4.78, 5) is 0. The Morgan fingerprint density at radius 2 is 1.07 bits per heavy atom. The zero-order valence-corrected chi connectivity index (χ0v) is 12.3. The average Bonchev–Trinajstić information content (AvgIpc) is 2.00. The van der Waals surface area contributed by atoms with Gasteiger partial charge >= 0.3 is 0 Å². The van der Waals surface area contributed by atoms with E-state index in [-0.39, 0.29) is 0 Å². The third kappa shape index (κ3) is 3.50. The first-order chi connectivity index (χ1) is 6.56. The van der Waals surface area contributed by atoms with Gasteiger partial charge in [-0.05, 0) is 22.7 Å². The van der Waals surface area contributed by atoms with Crippen molar-refractivity contribution in [2.45, 2.75) is 81.1 Å². The van der Waals surface area contributed by atoms with Crippen LogP contribution in [0.2, 0.25) is 0 Å². The summed E-state index contributed by atoms with van der Waals surface area (Å²) in [6, 6.07) is 0. The van der Waals surface area contributed by atoms with Crippen molar-refractivity contribution in [2.24, 2.45) is 16.2 Å². The van der Waals surface area contributed by atoms with E-state index < -0.39 is 0 Å². The van der Waals surface area contributed by atoms with Gasteiger partial charge in [0.05, 0.1) is 0 Å². The van der Waals surface area contributed by atoms with Crippen LogP contribution in [0.25, 0.3) is 0 Å². The second-order valence-corrected chi connectivity index (χ2v) is 7.29. The largest absolute Gasteiger partial charge is 0.0654 e. The predicted octanol–water partition coefficient (Wildman–Crippen LogP) is 5.67. The Kier molecular flexibility index (Phi) is 4.89. The molecule has 0 fully saturated rings. The molecule has 0 aliphatic rings. The lowest BCUT2D eigenvalue weighted by Crippen LogP contribution is -2.43. The molecule has 0 aliphatic carbocycles. The second-order valence-electron chi connectivity index (χ2n) is 7.29. The Balaban J connectivity index is 4.74. The molecule has 0 atom stereocenters. The standard InChI is InChI=1S/C15H32/c1-9-10-11-12-15(8,13(2,3)4)14(5,6)7/h9-12H2,1-8H3. The van der Waals surface area contributed by atoms with Gasteiger partial charge in [0.25, 0.3) is 0 Å². The molecule has 0 aliphatic heterocycles. The van der Waals surface area contributed by atoms with E-state index in [0.717, 1.165) is 0 Å². The molecule has 0 N–H and O–H groups in total. The molecule has 0 amide bonds. The van der Waals surface area contributed by atoms with Crippen molar-refractivity contribution in [2.75, 3.05) is 0 Å². The Morgan fingerprint density at radius 1 is 0.667 bits per heavy atom. The smallest absolute Gasteiger partial charge is 0.0229 e. The zero-order chi connectivity index (χ0) is 12.3. The molecule has 15 heavy (non-hydrogen) atoms. The molecular formula is C15H32. The van der Waals surface area contributed by atoms with Crippen molar-refractivity contribution >= 4 is 0 Å². The first-order valence-electron chi connectivity index (χ1n) is 6.56. The van der Waals surface area contributed by atoms with E-state index in [1.54, 1.807) is 0 Å². The van der Waals surface area contributed by atoms with Crippen molar-refractivity contribution < 1.29 is 0 Å². The fourth-order valence-corrected chi connectivity index (χ4v) is 2.60. The summed E-state index contributed by atoms with van der Waals surface area (Å²) in [5.74, 6) is 0.